The fourth-order valence-corrected chi connectivity index (χ4v) is 3.18. The van der Waals surface area contributed by atoms with Crippen LogP contribution >= 0.6 is 0 Å². The van der Waals surface area contributed by atoms with E-state index in [9.17, 15) is 0 Å². The predicted molar refractivity (Wildman–Crippen MR) is 82.7 cm³/mol. The third-order valence-corrected chi connectivity index (χ3v) is 4.56. The Morgan fingerprint density at radius 3 is 2.67 bits per heavy atom. The Labute approximate surface area is 127 Å². The van der Waals surface area contributed by atoms with Gasteiger partial charge in [-0.2, -0.15) is 0 Å². The lowest BCUT2D eigenvalue weighted by Crippen LogP contribution is -2.38. The van der Waals surface area contributed by atoms with Crippen LogP contribution in [-0.4, -0.2) is 55.3 Å². The van der Waals surface area contributed by atoms with Gasteiger partial charge in [0.2, 0.25) is 0 Å². The lowest BCUT2D eigenvalue weighted by Gasteiger charge is -2.31. The first kappa shape index (κ1) is 14.9. The molecule has 3 rings (SSSR count). The number of rotatable bonds is 6. The maximum Gasteiger partial charge on any atom is 0.297 e. The summed E-state index contributed by atoms with van der Waals surface area (Å²) in [5.41, 5.74) is 0. The average Bonchev–Trinajstić information content (AvgIpc) is 3.19. The van der Waals surface area contributed by atoms with Gasteiger partial charge in [-0.15, -0.1) is 0 Å². The summed E-state index contributed by atoms with van der Waals surface area (Å²) < 4.78 is 11.8. The molecule has 2 saturated heterocycles. The summed E-state index contributed by atoms with van der Waals surface area (Å²) in [6.45, 7) is 8.54. The third-order valence-electron chi connectivity index (χ3n) is 4.56. The van der Waals surface area contributed by atoms with E-state index in [1.807, 2.05) is 6.20 Å². The van der Waals surface area contributed by atoms with E-state index in [0.717, 1.165) is 57.3 Å². The van der Waals surface area contributed by atoms with E-state index in [-0.39, 0.29) is 0 Å². The van der Waals surface area contributed by atoms with Crippen LogP contribution in [-0.2, 0) is 11.2 Å². The van der Waals surface area contributed by atoms with E-state index in [0.29, 0.717) is 6.10 Å². The largest absolute Gasteiger partial charge is 0.429 e. The van der Waals surface area contributed by atoms with E-state index in [1.165, 1.54) is 25.9 Å². The summed E-state index contributed by atoms with van der Waals surface area (Å²) >= 11 is 0. The fourth-order valence-electron chi connectivity index (χ4n) is 3.18. The second kappa shape index (κ2) is 7.27. The molecule has 3 heterocycles. The quantitative estimate of drug-likeness (QED) is 0.805. The van der Waals surface area contributed by atoms with E-state index < -0.39 is 0 Å². The Morgan fingerprint density at radius 2 is 2.00 bits per heavy atom. The van der Waals surface area contributed by atoms with Crippen molar-refractivity contribution in [3.63, 3.8) is 0 Å². The number of anilines is 1. The fraction of sp³-hybridized carbons (Fsp3) is 0.812. The molecule has 0 aliphatic carbocycles. The second-order valence-corrected chi connectivity index (χ2v) is 6.07. The summed E-state index contributed by atoms with van der Waals surface area (Å²) in [6.07, 6.45) is 8.01. The smallest absolute Gasteiger partial charge is 0.297 e. The predicted octanol–water partition coefficient (Wildman–Crippen LogP) is 2.32. The minimum absolute atomic E-state index is 0.407. The van der Waals surface area contributed by atoms with Crippen molar-refractivity contribution in [2.24, 2.45) is 0 Å². The first-order valence-electron chi connectivity index (χ1n) is 8.39. The molecular formula is C16H27N3O2. The normalized spacial score (nSPS) is 21.3. The van der Waals surface area contributed by atoms with Crippen LogP contribution in [0.2, 0.25) is 0 Å². The van der Waals surface area contributed by atoms with Crippen LogP contribution in [0.3, 0.4) is 0 Å². The van der Waals surface area contributed by atoms with Gasteiger partial charge in [-0.1, -0.05) is 6.92 Å². The molecule has 0 aromatic carbocycles. The molecule has 2 aliphatic rings. The molecule has 0 unspecified atom stereocenters. The maximum absolute atomic E-state index is 6.04. The van der Waals surface area contributed by atoms with Crippen molar-refractivity contribution < 1.29 is 9.15 Å². The molecule has 0 amide bonds. The van der Waals surface area contributed by atoms with Crippen molar-refractivity contribution in [3.05, 3.63) is 12.0 Å². The Morgan fingerprint density at radius 1 is 1.24 bits per heavy atom. The van der Waals surface area contributed by atoms with Gasteiger partial charge in [-0.3, -0.25) is 0 Å². The highest BCUT2D eigenvalue weighted by Crippen LogP contribution is 2.21. The van der Waals surface area contributed by atoms with E-state index in [4.69, 9.17) is 9.15 Å². The zero-order chi connectivity index (χ0) is 14.5. The van der Waals surface area contributed by atoms with Crippen molar-refractivity contribution in [1.29, 1.82) is 0 Å². The van der Waals surface area contributed by atoms with Gasteiger partial charge in [0.15, 0.2) is 0 Å². The van der Waals surface area contributed by atoms with E-state index in [1.54, 1.807) is 0 Å². The molecule has 0 spiro atoms. The van der Waals surface area contributed by atoms with Gasteiger partial charge in [0.1, 0.15) is 5.76 Å². The number of likely N-dealkylation sites (tertiary alicyclic amines) is 1. The minimum atomic E-state index is 0.407. The second-order valence-electron chi connectivity index (χ2n) is 6.07. The maximum atomic E-state index is 6.04. The molecule has 5 nitrogen and oxygen atoms in total. The van der Waals surface area contributed by atoms with Gasteiger partial charge in [-0.25, -0.2) is 4.98 Å². The zero-order valence-electron chi connectivity index (χ0n) is 13.1. The lowest BCUT2D eigenvalue weighted by molar-refractivity contribution is 0.0261. The van der Waals surface area contributed by atoms with Crippen LogP contribution < -0.4 is 4.90 Å². The molecule has 0 radical (unpaired) electrons. The van der Waals surface area contributed by atoms with Crippen molar-refractivity contribution in [3.8, 4) is 0 Å². The van der Waals surface area contributed by atoms with Gasteiger partial charge >= 0.3 is 0 Å². The van der Waals surface area contributed by atoms with Gasteiger partial charge in [0.05, 0.1) is 18.9 Å². The standard InChI is InChI=1S/C16H27N3O2/c1-2-14-13-17-16(21-14)19-9-5-15(6-10-19)20-12-11-18-7-3-4-8-18/h13,15H,2-12H2,1H3. The van der Waals surface area contributed by atoms with Crippen LogP contribution in [0.5, 0.6) is 0 Å². The van der Waals surface area contributed by atoms with Crippen molar-refractivity contribution in [1.82, 2.24) is 9.88 Å². The first-order chi connectivity index (χ1) is 10.3. The summed E-state index contributed by atoms with van der Waals surface area (Å²) in [7, 11) is 0. The molecular weight excluding hydrogens is 266 g/mol. The van der Waals surface area contributed by atoms with Gasteiger partial charge in [0.25, 0.3) is 6.01 Å². The Kier molecular flexibility index (Phi) is 5.14. The van der Waals surface area contributed by atoms with Crippen LogP contribution in [0.4, 0.5) is 6.01 Å². The summed E-state index contributed by atoms with van der Waals surface area (Å²) in [6, 6.07) is 0.780. The first-order valence-corrected chi connectivity index (χ1v) is 8.39. The Balaban J connectivity index is 1.36. The monoisotopic (exact) mass is 293 g/mol. The van der Waals surface area contributed by atoms with Crippen molar-refractivity contribution >= 4 is 6.01 Å². The van der Waals surface area contributed by atoms with Crippen molar-refractivity contribution in [2.45, 2.75) is 45.1 Å². The molecule has 118 valence electrons. The Hall–Kier alpha value is -1.07. The number of piperidine rings is 1. The molecule has 0 N–H and O–H groups in total. The molecule has 0 atom stereocenters. The summed E-state index contributed by atoms with van der Waals surface area (Å²) in [5.74, 6) is 0.967. The summed E-state index contributed by atoms with van der Waals surface area (Å²) in [5, 5.41) is 0. The van der Waals surface area contributed by atoms with Crippen LogP contribution in [0.1, 0.15) is 38.4 Å². The van der Waals surface area contributed by atoms with Gasteiger partial charge in [0, 0.05) is 26.1 Å². The number of aromatic nitrogens is 1. The SMILES string of the molecule is CCc1cnc(N2CCC(OCCN3CCCC3)CC2)o1. The highest BCUT2D eigenvalue weighted by Gasteiger charge is 2.23. The zero-order valence-corrected chi connectivity index (χ0v) is 13.1. The molecule has 1 aromatic heterocycles. The molecule has 5 heteroatoms. The van der Waals surface area contributed by atoms with Crippen LogP contribution in [0, 0.1) is 0 Å². The van der Waals surface area contributed by atoms with Crippen LogP contribution in [0.25, 0.3) is 0 Å². The van der Waals surface area contributed by atoms with Crippen molar-refractivity contribution in [2.75, 3.05) is 44.2 Å². The highest BCUT2D eigenvalue weighted by molar-refractivity contribution is 5.27. The molecule has 21 heavy (non-hydrogen) atoms. The minimum Gasteiger partial charge on any atom is -0.429 e. The molecule has 2 fully saturated rings. The Bertz CT molecular complexity index is 421. The van der Waals surface area contributed by atoms with Crippen LogP contribution in [0.15, 0.2) is 10.6 Å². The topological polar surface area (TPSA) is 41.7 Å². The highest BCUT2D eigenvalue weighted by atomic mass is 16.5. The molecule has 0 bridgehead atoms. The van der Waals surface area contributed by atoms with E-state index in [2.05, 4.69) is 21.7 Å². The number of hydrogen-bond donors (Lipinski definition) is 0. The average molecular weight is 293 g/mol. The third kappa shape index (κ3) is 3.98. The number of ether oxygens (including phenoxy) is 1. The number of oxazole rings is 1. The van der Waals surface area contributed by atoms with Gasteiger partial charge in [-0.05, 0) is 38.8 Å². The number of hydrogen-bond acceptors (Lipinski definition) is 5. The van der Waals surface area contributed by atoms with Gasteiger partial charge < -0.3 is 19.0 Å². The summed E-state index contributed by atoms with van der Waals surface area (Å²) in [4.78, 5) is 9.11. The molecule has 2 aliphatic heterocycles. The lowest BCUT2D eigenvalue weighted by atomic mass is 10.1. The number of nitrogens with zero attached hydrogens (tertiary/aromatic N) is 3. The molecule has 0 saturated carbocycles. The van der Waals surface area contributed by atoms with E-state index >= 15 is 0 Å². The molecule has 1 aromatic rings. The number of aryl methyl sites for hydroxylation is 1.